The highest BCUT2D eigenvalue weighted by atomic mass is 35.5. The Balaban J connectivity index is 1.77. The molecule has 0 saturated carbocycles. The second-order valence-electron chi connectivity index (χ2n) is 4.07. The highest BCUT2D eigenvalue weighted by Gasteiger charge is 2.08. The standard InChI is InChI=1S/C13H10ClN5O/c14-8-2-1-3-9(6-8)17-13(20)18-12-10-7-16-19-11(10)4-5-15-12/h1-7H,(H,16,19)(H2,15,17,18,20). The van der Waals surface area contributed by atoms with Gasteiger partial charge in [-0.1, -0.05) is 17.7 Å². The minimum atomic E-state index is -0.395. The summed E-state index contributed by atoms with van der Waals surface area (Å²) < 4.78 is 0. The number of halogens is 1. The first-order valence-electron chi connectivity index (χ1n) is 5.84. The Labute approximate surface area is 119 Å². The van der Waals surface area contributed by atoms with E-state index in [0.717, 1.165) is 10.9 Å². The highest BCUT2D eigenvalue weighted by Crippen LogP contribution is 2.19. The van der Waals surface area contributed by atoms with Crippen LogP contribution in [0.25, 0.3) is 10.9 Å². The van der Waals surface area contributed by atoms with Crippen molar-refractivity contribution in [2.24, 2.45) is 0 Å². The van der Waals surface area contributed by atoms with Crippen LogP contribution in [0.2, 0.25) is 5.02 Å². The minimum absolute atomic E-state index is 0.395. The normalized spacial score (nSPS) is 10.4. The second-order valence-corrected chi connectivity index (χ2v) is 4.50. The number of H-pyrrole nitrogens is 1. The maximum Gasteiger partial charge on any atom is 0.324 e. The fourth-order valence-corrected chi connectivity index (χ4v) is 2.00. The number of hydrogen-bond acceptors (Lipinski definition) is 3. The van der Waals surface area contributed by atoms with Crippen LogP contribution in [-0.2, 0) is 0 Å². The molecule has 0 atom stereocenters. The Morgan fingerprint density at radius 2 is 2.15 bits per heavy atom. The van der Waals surface area contributed by atoms with Crippen LogP contribution in [-0.4, -0.2) is 21.2 Å². The quantitative estimate of drug-likeness (QED) is 0.676. The molecular weight excluding hydrogens is 278 g/mol. The van der Waals surface area contributed by atoms with Crippen molar-refractivity contribution in [1.82, 2.24) is 15.2 Å². The van der Waals surface area contributed by atoms with Crippen molar-refractivity contribution in [1.29, 1.82) is 0 Å². The van der Waals surface area contributed by atoms with Gasteiger partial charge in [0.15, 0.2) is 0 Å². The fraction of sp³-hybridized carbons (Fsp3) is 0. The molecule has 0 fully saturated rings. The van der Waals surface area contributed by atoms with Crippen molar-refractivity contribution in [3.63, 3.8) is 0 Å². The van der Waals surface area contributed by atoms with Crippen molar-refractivity contribution in [2.45, 2.75) is 0 Å². The van der Waals surface area contributed by atoms with Crippen molar-refractivity contribution in [2.75, 3.05) is 10.6 Å². The predicted octanol–water partition coefficient (Wildman–Crippen LogP) is 3.26. The van der Waals surface area contributed by atoms with E-state index in [0.29, 0.717) is 16.5 Å². The van der Waals surface area contributed by atoms with Crippen LogP contribution in [0.15, 0.2) is 42.7 Å². The zero-order valence-corrected chi connectivity index (χ0v) is 11.0. The lowest BCUT2D eigenvalue weighted by Gasteiger charge is -2.07. The first kappa shape index (κ1) is 12.4. The molecule has 2 aromatic heterocycles. The lowest BCUT2D eigenvalue weighted by atomic mass is 10.3. The molecule has 0 aliphatic heterocycles. The van der Waals surface area contributed by atoms with Crippen molar-refractivity contribution >= 4 is 40.0 Å². The van der Waals surface area contributed by atoms with E-state index in [-0.39, 0.29) is 0 Å². The molecule has 3 aromatic rings. The molecule has 0 aliphatic carbocycles. The van der Waals surface area contributed by atoms with E-state index in [1.807, 2.05) is 0 Å². The van der Waals surface area contributed by atoms with Crippen LogP contribution >= 0.6 is 11.6 Å². The van der Waals surface area contributed by atoms with Gasteiger partial charge in [-0.3, -0.25) is 10.4 Å². The van der Waals surface area contributed by atoms with Gasteiger partial charge in [-0.25, -0.2) is 9.78 Å². The van der Waals surface area contributed by atoms with Gasteiger partial charge < -0.3 is 5.32 Å². The summed E-state index contributed by atoms with van der Waals surface area (Å²) in [5, 5.41) is 13.4. The number of rotatable bonds is 2. The Bertz CT molecular complexity index is 770. The third-order valence-corrected chi connectivity index (χ3v) is 2.91. The number of pyridine rings is 1. The molecule has 3 rings (SSSR count). The summed E-state index contributed by atoms with van der Waals surface area (Å²) in [4.78, 5) is 16.0. The van der Waals surface area contributed by atoms with Crippen LogP contribution < -0.4 is 10.6 Å². The summed E-state index contributed by atoms with van der Waals surface area (Å²) >= 11 is 5.86. The molecule has 0 spiro atoms. The summed E-state index contributed by atoms with van der Waals surface area (Å²) in [5.74, 6) is 0.441. The van der Waals surface area contributed by atoms with Crippen LogP contribution in [0.3, 0.4) is 0 Å². The van der Waals surface area contributed by atoms with Gasteiger partial charge in [-0.2, -0.15) is 5.10 Å². The maximum absolute atomic E-state index is 11.9. The van der Waals surface area contributed by atoms with E-state index in [1.165, 1.54) is 0 Å². The Morgan fingerprint density at radius 1 is 1.25 bits per heavy atom. The molecule has 0 saturated heterocycles. The van der Waals surface area contributed by atoms with Gasteiger partial charge in [0.1, 0.15) is 5.82 Å². The lowest BCUT2D eigenvalue weighted by Crippen LogP contribution is -2.20. The number of hydrogen-bond donors (Lipinski definition) is 3. The summed E-state index contributed by atoms with van der Waals surface area (Å²) in [7, 11) is 0. The molecule has 2 amide bonds. The smallest absolute Gasteiger partial charge is 0.308 e. The van der Waals surface area contributed by atoms with Gasteiger partial charge in [0.05, 0.1) is 10.9 Å². The molecule has 0 bridgehead atoms. The number of aromatic amines is 1. The van der Waals surface area contributed by atoms with E-state index < -0.39 is 6.03 Å². The molecular formula is C13H10ClN5O. The molecule has 20 heavy (non-hydrogen) atoms. The van der Waals surface area contributed by atoms with Crippen molar-refractivity contribution < 1.29 is 4.79 Å². The average Bonchev–Trinajstić information content (AvgIpc) is 2.88. The number of nitrogens with one attached hydrogen (secondary N) is 3. The highest BCUT2D eigenvalue weighted by molar-refractivity contribution is 6.30. The number of fused-ring (bicyclic) bond motifs is 1. The molecule has 0 aliphatic rings. The Hall–Kier alpha value is -2.60. The Morgan fingerprint density at radius 3 is 3.00 bits per heavy atom. The average molecular weight is 288 g/mol. The lowest BCUT2D eigenvalue weighted by molar-refractivity contribution is 0.262. The monoisotopic (exact) mass is 287 g/mol. The molecule has 100 valence electrons. The van der Waals surface area contributed by atoms with E-state index in [1.54, 1.807) is 42.7 Å². The van der Waals surface area contributed by atoms with Gasteiger partial charge in [0.2, 0.25) is 0 Å². The predicted molar refractivity (Wildman–Crippen MR) is 78.0 cm³/mol. The van der Waals surface area contributed by atoms with Crippen LogP contribution in [0, 0.1) is 0 Å². The van der Waals surface area contributed by atoms with Gasteiger partial charge >= 0.3 is 6.03 Å². The van der Waals surface area contributed by atoms with Crippen molar-refractivity contribution in [3.8, 4) is 0 Å². The first-order chi connectivity index (χ1) is 9.72. The molecule has 1 aromatic carbocycles. The molecule has 7 heteroatoms. The number of urea groups is 1. The molecule has 0 unspecified atom stereocenters. The number of carbonyl (C=O) groups excluding carboxylic acids is 1. The van der Waals surface area contributed by atoms with Gasteiger partial charge in [-0.15, -0.1) is 0 Å². The van der Waals surface area contributed by atoms with Crippen LogP contribution in [0.5, 0.6) is 0 Å². The summed E-state index contributed by atoms with van der Waals surface area (Å²) in [5.41, 5.74) is 1.34. The topological polar surface area (TPSA) is 82.7 Å². The summed E-state index contributed by atoms with van der Waals surface area (Å²) in [6.07, 6.45) is 3.26. The van der Waals surface area contributed by atoms with Crippen LogP contribution in [0.1, 0.15) is 0 Å². The third-order valence-electron chi connectivity index (χ3n) is 2.68. The maximum atomic E-state index is 11.9. The van der Waals surface area contributed by atoms with Gasteiger partial charge in [0.25, 0.3) is 0 Å². The van der Waals surface area contributed by atoms with E-state index >= 15 is 0 Å². The third kappa shape index (κ3) is 2.55. The number of amides is 2. The Kier molecular flexibility index (Phi) is 3.22. The second kappa shape index (κ2) is 5.18. The number of nitrogens with zero attached hydrogens (tertiary/aromatic N) is 2. The molecule has 0 radical (unpaired) electrons. The summed E-state index contributed by atoms with van der Waals surface area (Å²) in [6.45, 7) is 0. The van der Waals surface area contributed by atoms with Crippen LogP contribution in [0.4, 0.5) is 16.3 Å². The summed E-state index contributed by atoms with van der Waals surface area (Å²) in [6, 6.07) is 8.26. The zero-order valence-electron chi connectivity index (χ0n) is 10.2. The van der Waals surface area contributed by atoms with E-state index in [4.69, 9.17) is 11.6 Å². The minimum Gasteiger partial charge on any atom is -0.308 e. The number of carbonyl (C=O) groups is 1. The van der Waals surface area contributed by atoms with Gasteiger partial charge in [0, 0.05) is 23.1 Å². The van der Waals surface area contributed by atoms with Crippen molar-refractivity contribution in [3.05, 3.63) is 47.7 Å². The van der Waals surface area contributed by atoms with E-state index in [9.17, 15) is 4.79 Å². The number of anilines is 2. The number of benzene rings is 1. The fourth-order valence-electron chi connectivity index (χ4n) is 1.80. The molecule has 3 N–H and O–H groups in total. The molecule has 2 heterocycles. The van der Waals surface area contributed by atoms with E-state index in [2.05, 4.69) is 25.8 Å². The zero-order chi connectivity index (χ0) is 13.9. The molecule has 6 nitrogen and oxygen atoms in total. The SMILES string of the molecule is O=C(Nc1cccc(Cl)c1)Nc1nccc2n[nH]cc12. The first-order valence-corrected chi connectivity index (χ1v) is 6.22. The largest absolute Gasteiger partial charge is 0.324 e. The van der Waals surface area contributed by atoms with Gasteiger partial charge in [-0.05, 0) is 24.3 Å². The number of aromatic nitrogens is 3.